The summed E-state index contributed by atoms with van der Waals surface area (Å²) >= 11 is 0. The van der Waals surface area contributed by atoms with Gasteiger partial charge in [0.2, 0.25) is 0 Å². The maximum Gasteiger partial charge on any atom is 0.136 e. The van der Waals surface area contributed by atoms with E-state index in [4.69, 9.17) is 4.42 Å². The number of hydrogen-bond acceptors (Lipinski definition) is 2. The summed E-state index contributed by atoms with van der Waals surface area (Å²) in [6.45, 7) is 0. The van der Waals surface area contributed by atoms with Crippen LogP contribution in [0.25, 0.3) is 93.2 Å². The van der Waals surface area contributed by atoms with Gasteiger partial charge in [-0.2, -0.15) is 0 Å². The number of para-hydroxylation sites is 3. The molecule has 0 radical (unpaired) electrons. The minimum atomic E-state index is -0.140. The van der Waals surface area contributed by atoms with Crippen LogP contribution in [0, 0.1) is 0 Å². The Kier molecular flexibility index (Phi) is 6.65. The molecule has 10 aromatic carbocycles. The summed E-state index contributed by atoms with van der Waals surface area (Å²) in [5.74, 6) is 0. The lowest BCUT2D eigenvalue weighted by Crippen LogP contribution is -2.11. The molecule has 0 amide bonds. The normalized spacial score (nSPS) is 12.7. The summed E-state index contributed by atoms with van der Waals surface area (Å²) in [4.78, 5) is 1.90. The van der Waals surface area contributed by atoms with Gasteiger partial charge in [0, 0.05) is 44.2 Å². The zero-order chi connectivity index (χ0) is 42.3. The number of rotatable bonds is 6. The van der Waals surface area contributed by atoms with Crippen LogP contribution >= 0.6 is 0 Å². The fourth-order valence-corrected chi connectivity index (χ4v) is 8.97. The molecule has 3 heteroatoms. The average molecular weight is 757 g/mol. The third-order valence-corrected chi connectivity index (χ3v) is 11.6. The Hall–Kier alpha value is -7.88. The molecule has 0 saturated heterocycles. The van der Waals surface area contributed by atoms with E-state index in [0.29, 0.717) is 16.9 Å². The standard InChI is InChI=1S/C56H36N2O/c1-2-15-40-36-55-50(35-39(40)14-1)56-49(22-12-26-54(56)59-55)48-20-7-8-23-51(48)57(41-29-27-38(28-30-41)45-21-11-16-37-13-3-4-17-44(37)45)42-31-33-43(34-32-42)58-52-24-9-5-18-46(52)47-19-6-10-25-53(47)58/h1-36H/i27D,28D,29D,30D. The van der Waals surface area contributed by atoms with Crippen molar-refractivity contribution in [2.24, 2.45) is 0 Å². The largest absolute Gasteiger partial charge is 0.456 e. The summed E-state index contributed by atoms with van der Waals surface area (Å²) < 4.78 is 47.6. The molecule has 0 N–H and O–H groups in total. The van der Waals surface area contributed by atoms with Crippen LogP contribution in [-0.2, 0) is 0 Å². The SMILES string of the molecule is [2H]c1c([2H])c(N(c2ccc(-n3c4ccccc4c4ccccc43)cc2)c2ccccc2-c2cccc3oc4cc5ccccc5cc4c23)c([2H])c([2H])c1-c1cccc2ccccc12. The van der Waals surface area contributed by atoms with Crippen molar-refractivity contribution in [1.29, 1.82) is 0 Å². The Morgan fingerprint density at radius 1 is 0.407 bits per heavy atom. The molecule has 2 heterocycles. The third kappa shape index (κ3) is 5.36. The number of hydrogen-bond donors (Lipinski definition) is 0. The zero-order valence-corrected chi connectivity index (χ0v) is 31.8. The molecule has 276 valence electrons. The first-order valence-corrected chi connectivity index (χ1v) is 19.9. The van der Waals surface area contributed by atoms with Gasteiger partial charge in [-0.1, -0.05) is 146 Å². The Balaban J connectivity index is 1.11. The van der Waals surface area contributed by atoms with E-state index >= 15 is 0 Å². The van der Waals surface area contributed by atoms with Gasteiger partial charge in [-0.05, 0) is 111 Å². The summed E-state index contributed by atoms with van der Waals surface area (Å²) in [5, 5.41) is 8.30. The van der Waals surface area contributed by atoms with E-state index in [1.807, 2.05) is 102 Å². The van der Waals surface area contributed by atoms with Gasteiger partial charge in [0.25, 0.3) is 0 Å². The second kappa shape index (κ2) is 13.4. The lowest BCUT2D eigenvalue weighted by molar-refractivity contribution is 0.669. The fourth-order valence-electron chi connectivity index (χ4n) is 8.97. The molecular weight excluding hydrogens is 717 g/mol. The lowest BCUT2D eigenvalue weighted by Gasteiger charge is -2.28. The molecule has 3 nitrogen and oxygen atoms in total. The minimum Gasteiger partial charge on any atom is -0.456 e. The molecule has 12 aromatic rings. The molecule has 0 saturated carbocycles. The van der Waals surface area contributed by atoms with Crippen molar-refractivity contribution in [3.8, 4) is 27.9 Å². The van der Waals surface area contributed by atoms with Gasteiger partial charge in [-0.15, -0.1) is 0 Å². The first-order valence-electron chi connectivity index (χ1n) is 21.9. The molecule has 0 bridgehead atoms. The fraction of sp³-hybridized carbons (Fsp3) is 0. The highest BCUT2D eigenvalue weighted by Crippen LogP contribution is 2.46. The Labute approximate surface area is 346 Å². The summed E-state index contributed by atoms with van der Waals surface area (Å²) in [7, 11) is 0. The maximum absolute atomic E-state index is 9.81. The van der Waals surface area contributed by atoms with Gasteiger partial charge in [0.1, 0.15) is 11.2 Å². The minimum absolute atomic E-state index is 0.110. The van der Waals surface area contributed by atoms with Gasteiger partial charge >= 0.3 is 0 Å². The van der Waals surface area contributed by atoms with E-state index in [1.165, 1.54) is 0 Å². The molecule has 59 heavy (non-hydrogen) atoms. The van der Waals surface area contributed by atoms with E-state index in [9.17, 15) is 5.48 Å². The van der Waals surface area contributed by atoms with Crippen molar-refractivity contribution in [3.63, 3.8) is 0 Å². The van der Waals surface area contributed by atoms with Crippen molar-refractivity contribution in [1.82, 2.24) is 4.57 Å². The second-order valence-electron chi connectivity index (χ2n) is 15.0. The van der Waals surface area contributed by atoms with Gasteiger partial charge < -0.3 is 13.9 Å². The number of aromatic nitrogens is 1. The third-order valence-electron chi connectivity index (χ3n) is 11.6. The summed E-state index contributed by atoms with van der Waals surface area (Å²) in [5.41, 5.74) is 8.89. The first kappa shape index (κ1) is 29.4. The van der Waals surface area contributed by atoms with Gasteiger partial charge in [-0.25, -0.2) is 0 Å². The van der Waals surface area contributed by atoms with Crippen molar-refractivity contribution in [2.75, 3.05) is 4.90 Å². The van der Waals surface area contributed by atoms with Crippen LogP contribution in [0.3, 0.4) is 0 Å². The number of benzene rings is 10. The highest BCUT2D eigenvalue weighted by atomic mass is 16.3. The first-order chi connectivity index (χ1) is 30.9. The summed E-state index contributed by atoms with van der Waals surface area (Å²) in [6.07, 6.45) is 0. The molecule has 0 aliphatic heterocycles. The molecule has 0 atom stereocenters. The van der Waals surface area contributed by atoms with Crippen LogP contribution in [0.2, 0.25) is 0 Å². The van der Waals surface area contributed by atoms with E-state index in [-0.39, 0.29) is 35.4 Å². The molecule has 0 aliphatic carbocycles. The summed E-state index contributed by atoms with van der Waals surface area (Å²) in [6, 6.07) is 64.8. The molecular formula is C56H36N2O. The van der Waals surface area contributed by atoms with Gasteiger partial charge in [0.05, 0.1) is 22.2 Å². The Bertz CT molecular complexity index is 3720. The van der Waals surface area contributed by atoms with Crippen LogP contribution in [0.5, 0.6) is 0 Å². The average Bonchev–Trinajstić information content (AvgIpc) is 3.87. The number of fused-ring (bicyclic) bond motifs is 8. The quantitative estimate of drug-likeness (QED) is 0.168. The van der Waals surface area contributed by atoms with Crippen LogP contribution in [0.15, 0.2) is 223 Å². The predicted molar refractivity (Wildman–Crippen MR) is 249 cm³/mol. The van der Waals surface area contributed by atoms with Crippen molar-refractivity contribution in [3.05, 3.63) is 218 Å². The smallest absolute Gasteiger partial charge is 0.136 e. The van der Waals surface area contributed by atoms with Crippen molar-refractivity contribution >= 4 is 82.4 Å². The van der Waals surface area contributed by atoms with Gasteiger partial charge in [0.15, 0.2) is 0 Å². The van der Waals surface area contributed by atoms with E-state index in [1.54, 1.807) is 0 Å². The monoisotopic (exact) mass is 756 g/mol. The molecule has 0 unspecified atom stereocenters. The molecule has 2 aromatic heterocycles. The van der Waals surface area contributed by atoms with Crippen LogP contribution in [0.4, 0.5) is 17.1 Å². The van der Waals surface area contributed by atoms with Crippen LogP contribution in [0.1, 0.15) is 5.48 Å². The zero-order valence-electron chi connectivity index (χ0n) is 35.8. The van der Waals surface area contributed by atoms with Crippen molar-refractivity contribution in [2.45, 2.75) is 0 Å². The van der Waals surface area contributed by atoms with E-state index < -0.39 is 0 Å². The Morgan fingerprint density at radius 3 is 1.75 bits per heavy atom. The topological polar surface area (TPSA) is 21.3 Å². The van der Waals surface area contributed by atoms with E-state index in [0.717, 1.165) is 82.1 Å². The van der Waals surface area contributed by atoms with Gasteiger partial charge in [-0.3, -0.25) is 0 Å². The lowest BCUT2D eigenvalue weighted by atomic mass is 9.95. The predicted octanol–water partition coefficient (Wildman–Crippen LogP) is 15.8. The molecule has 0 spiro atoms. The molecule has 12 rings (SSSR count). The van der Waals surface area contributed by atoms with E-state index in [2.05, 4.69) is 102 Å². The maximum atomic E-state index is 9.81. The van der Waals surface area contributed by atoms with Crippen LogP contribution in [-0.4, -0.2) is 4.57 Å². The number of anilines is 3. The number of furan rings is 1. The van der Waals surface area contributed by atoms with Crippen LogP contribution < -0.4 is 4.90 Å². The molecule has 0 fully saturated rings. The van der Waals surface area contributed by atoms with Crippen molar-refractivity contribution < 1.29 is 9.90 Å². The Morgan fingerprint density at radius 2 is 0.983 bits per heavy atom. The number of nitrogens with zero attached hydrogens (tertiary/aromatic N) is 2. The second-order valence-corrected chi connectivity index (χ2v) is 15.0. The highest BCUT2D eigenvalue weighted by Gasteiger charge is 2.21. The highest BCUT2D eigenvalue weighted by molar-refractivity contribution is 6.17. The molecule has 0 aliphatic rings.